The molecule has 0 aliphatic carbocycles. The van der Waals surface area contributed by atoms with Crippen molar-refractivity contribution < 1.29 is 14.7 Å². The molecule has 2 rings (SSSR count). The van der Waals surface area contributed by atoms with Crippen molar-refractivity contribution in [2.24, 2.45) is 5.92 Å². The van der Waals surface area contributed by atoms with Crippen LogP contribution in [0.25, 0.3) is 0 Å². The van der Waals surface area contributed by atoms with Gasteiger partial charge in [-0.2, -0.15) is 5.10 Å². The van der Waals surface area contributed by atoms with Crippen LogP contribution < -0.4 is 5.32 Å². The Balaban J connectivity index is 1.92. The highest BCUT2D eigenvalue weighted by molar-refractivity contribution is 5.90. The molecule has 0 aliphatic heterocycles. The number of carboxylic acid groups (broad SMARTS) is 1. The van der Waals surface area contributed by atoms with E-state index in [0.29, 0.717) is 18.5 Å². The number of hydrogen-bond acceptors (Lipinski definition) is 3. The van der Waals surface area contributed by atoms with E-state index in [-0.39, 0.29) is 11.9 Å². The van der Waals surface area contributed by atoms with Crippen molar-refractivity contribution in [1.82, 2.24) is 9.78 Å². The van der Waals surface area contributed by atoms with Gasteiger partial charge in [-0.15, -0.1) is 0 Å². The fourth-order valence-electron chi connectivity index (χ4n) is 2.82. The van der Waals surface area contributed by atoms with Gasteiger partial charge in [-0.1, -0.05) is 19.1 Å². The van der Waals surface area contributed by atoms with Gasteiger partial charge in [-0.25, -0.2) is 0 Å². The topological polar surface area (TPSA) is 84.2 Å². The number of carbonyl (C=O) groups is 2. The minimum absolute atomic E-state index is 0.0237. The van der Waals surface area contributed by atoms with E-state index in [0.717, 1.165) is 17.0 Å². The minimum atomic E-state index is -0.810. The van der Waals surface area contributed by atoms with Crippen LogP contribution in [-0.4, -0.2) is 26.8 Å². The summed E-state index contributed by atoms with van der Waals surface area (Å²) >= 11 is 0. The average Bonchev–Trinajstić information content (AvgIpc) is 2.87. The van der Waals surface area contributed by atoms with Gasteiger partial charge in [0.1, 0.15) is 0 Å². The summed E-state index contributed by atoms with van der Waals surface area (Å²) in [7, 11) is 0. The van der Waals surface area contributed by atoms with Crippen molar-refractivity contribution in [3.63, 3.8) is 0 Å². The van der Waals surface area contributed by atoms with Crippen molar-refractivity contribution in [1.29, 1.82) is 0 Å². The van der Waals surface area contributed by atoms with E-state index in [1.807, 2.05) is 43.7 Å². The number of rotatable bonds is 7. The summed E-state index contributed by atoms with van der Waals surface area (Å²) in [6, 6.07) is 9.26. The van der Waals surface area contributed by atoms with Gasteiger partial charge in [-0.05, 0) is 51.0 Å². The minimum Gasteiger partial charge on any atom is -0.481 e. The number of aromatic nitrogens is 2. The van der Waals surface area contributed by atoms with Crippen molar-refractivity contribution in [2.45, 2.75) is 46.6 Å². The number of aliphatic carboxylic acids is 1. The number of anilines is 1. The van der Waals surface area contributed by atoms with E-state index in [2.05, 4.69) is 10.4 Å². The first kappa shape index (κ1) is 18.7. The average molecular weight is 343 g/mol. The number of benzene rings is 1. The molecule has 2 unspecified atom stereocenters. The predicted molar refractivity (Wildman–Crippen MR) is 96.6 cm³/mol. The van der Waals surface area contributed by atoms with Crippen LogP contribution in [0.2, 0.25) is 0 Å². The first-order valence-electron chi connectivity index (χ1n) is 8.40. The summed E-state index contributed by atoms with van der Waals surface area (Å²) in [5, 5.41) is 16.2. The zero-order valence-corrected chi connectivity index (χ0v) is 15.1. The van der Waals surface area contributed by atoms with Crippen LogP contribution in [0.3, 0.4) is 0 Å². The molecule has 6 heteroatoms. The number of aryl methyl sites for hydroxylation is 2. The fourth-order valence-corrected chi connectivity index (χ4v) is 2.82. The monoisotopic (exact) mass is 343 g/mol. The Labute approximate surface area is 147 Å². The summed E-state index contributed by atoms with van der Waals surface area (Å²) in [5.41, 5.74) is 3.62. The second-order valence-electron chi connectivity index (χ2n) is 6.61. The molecule has 0 bridgehead atoms. The van der Waals surface area contributed by atoms with Gasteiger partial charge in [0.2, 0.25) is 5.91 Å². The molecular weight excluding hydrogens is 318 g/mol. The number of hydrogen-bond donors (Lipinski definition) is 2. The van der Waals surface area contributed by atoms with Gasteiger partial charge in [-0.3, -0.25) is 14.3 Å². The number of amides is 1. The number of carbonyl (C=O) groups excluding carboxylic acids is 1. The lowest BCUT2D eigenvalue weighted by atomic mass is 10.0. The van der Waals surface area contributed by atoms with Gasteiger partial charge in [0.25, 0.3) is 0 Å². The normalized spacial score (nSPS) is 13.3. The number of nitrogens with zero attached hydrogens (tertiary/aromatic N) is 2. The van der Waals surface area contributed by atoms with Crippen molar-refractivity contribution >= 4 is 17.6 Å². The summed E-state index contributed by atoms with van der Waals surface area (Å²) < 4.78 is 1.87. The van der Waals surface area contributed by atoms with E-state index in [1.54, 1.807) is 19.1 Å². The Morgan fingerprint density at radius 3 is 2.36 bits per heavy atom. The lowest BCUT2D eigenvalue weighted by Gasteiger charge is -2.14. The third-order valence-electron chi connectivity index (χ3n) is 4.14. The van der Waals surface area contributed by atoms with E-state index >= 15 is 0 Å². The highest BCUT2D eigenvalue weighted by atomic mass is 16.4. The van der Waals surface area contributed by atoms with Gasteiger partial charge < -0.3 is 10.4 Å². The molecule has 2 N–H and O–H groups in total. The fraction of sp³-hybridized carbons (Fsp3) is 0.421. The highest BCUT2D eigenvalue weighted by Crippen LogP contribution is 2.17. The van der Waals surface area contributed by atoms with Crippen LogP contribution in [-0.2, 0) is 16.0 Å². The number of nitrogens with one attached hydrogen (secondary N) is 1. The molecule has 2 atom stereocenters. The summed E-state index contributed by atoms with van der Waals surface area (Å²) in [4.78, 5) is 23.1. The molecule has 0 saturated heterocycles. The molecule has 0 aliphatic rings. The Hall–Kier alpha value is -2.63. The first-order valence-corrected chi connectivity index (χ1v) is 8.40. The number of carboxylic acids is 1. The van der Waals surface area contributed by atoms with E-state index in [9.17, 15) is 9.59 Å². The van der Waals surface area contributed by atoms with Crippen molar-refractivity contribution in [2.75, 3.05) is 5.32 Å². The molecule has 0 radical (unpaired) electrons. The van der Waals surface area contributed by atoms with E-state index in [4.69, 9.17) is 5.11 Å². The Morgan fingerprint density at radius 1 is 1.20 bits per heavy atom. The maximum atomic E-state index is 12.2. The standard InChI is InChI=1S/C19H25N3O3/c1-12(19(24)25)9-16-5-7-17(8-6-16)20-18(23)11-15(4)22-14(3)10-13(2)21-22/h5-8,10,12,15H,9,11H2,1-4H3,(H,20,23)(H,24,25). The maximum absolute atomic E-state index is 12.2. The lowest BCUT2D eigenvalue weighted by Crippen LogP contribution is -2.19. The zero-order valence-electron chi connectivity index (χ0n) is 15.1. The third kappa shape index (κ3) is 5.17. The second-order valence-corrected chi connectivity index (χ2v) is 6.61. The van der Waals surface area contributed by atoms with Gasteiger partial charge >= 0.3 is 5.97 Å². The van der Waals surface area contributed by atoms with Crippen LogP contribution in [0.5, 0.6) is 0 Å². The smallest absolute Gasteiger partial charge is 0.306 e. The molecule has 1 aromatic heterocycles. The summed E-state index contributed by atoms with van der Waals surface area (Å²) in [6.07, 6.45) is 0.804. The van der Waals surface area contributed by atoms with Gasteiger partial charge in [0.05, 0.1) is 17.7 Å². The molecule has 1 aromatic carbocycles. The molecule has 2 aromatic rings. The molecule has 1 amide bonds. The molecule has 0 fully saturated rings. The van der Waals surface area contributed by atoms with Crippen LogP contribution in [0.1, 0.15) is 43.3 Å². The summed E-state index contributed by atoms with van der Waals surface area (Å²) in [5.74, 6) is -1.32. The molecule has 25 heavy (non-hydrogen) atoms. The molecule has 6 nitrogen and oxygen atoms in total. The Kier molecular flexibility index (Phi) is 5.96. The molecule has 1 heterocycles. The Morgan fingerprint density at radius 2 is 1.84 bits per heavy atom. The summed E-state index contributed by atoms with van der Waals surface area (Å²) in [6.45, 7) is 7.56. The van der Waals surface area contributed by atoms with Crippen LogP contribution in [0.4, 0.5) is 5.69 Å². The third-order valence-corrected chi connectivity index (χ3v) is 4.14. The van der Waals surface area contributed by atoms with Crippen molar-refractivity contribution in [3.05, 3.63) is 47.3 Å². The highest BCUT2D eigenvalue weighted by Gasteiger charge is 2.15. The van der Waals surface area contributed by atoms with Gasteiger partial charge in [0, 0.05) is 17.8 Å². The van der Waals surface area contributed by atoms with Gasteiger partial charge in [0.15, 0.2) is 0 Å². The Bertz CT molecular complexity index is 750. The second kappa shape index (κ2) is 7.96. The molecular formula is C19H25N3O3. The lowest BCUT2D eigenvalue weighted by molar-refractivity contribution is -0.141. The quantitative estimate of drug-likeness (QED) is 0.807. The first-order chi connectivity index (χ1) is 11.8. The maximum Gasteiger partial charge on any atom is 0.306 e. The molecule has 0 saturated carbocycles. The molecule has 134 valence electrons. The van der Waals surface area contributed by atoms with Crippen LogP contribution >= 0.6 is 0 Å². The van der Waals surface area contributed by atoms with E-state index < -0.39 is 11.9 Å². The van der Waals surface area contributed by atoms with E-state index in [1.165, 1.54) is 0 Å². The molecule has 0 spiro atoms. The SMILES string of the molecule is Cc1cc(C)n(C(C)CC(=O)Nc2ccc(CC(C)C(=O)O)cc2)n1. The largest absolute Gasteiger partial charge is 0.481 e. The van der Waals surface area contributed by atoms with Crippen LogP contribution in [0.15, 0.2) is 30.3 Å². The van der Waals surface area contributed by atoms with Crippen molar-refractivity contribution in [3.8, 4) is 0 Å². The predicted octanol–water partition coefficient (Wildman–Crippen LogP) is 3.35. The zero-order chi connectivity index (χ0) is 18.6. The van der Waals surface area contributed by atoms with Crippen LogP contribution in [0, 0.1) is 19.8 Å².